The van der Waals surface area contributed by atoms with E-state index in [2.05, 4.69) is 13.8 Å². The summed E-state index contributed by atoms with van der Waals surface area (Å²) in [5, 5.41) is 1.21. The minimum Gasteiger partial charge on any atom is -0.489 e. The van der Waals surface area contributed by atoms with Crippen LogP contribution in [-0.4, -0.2) is 6.10 Å². The SMILES string of the molecule is CCCCC(C)Oc1ccc(Cl)cc1Cl. The zero-order valence-electron chi connectivity index (χ0n) is 9.09. The maximum atomic E-state index is 6.00. The van der Waals surface area contributed by atoms with Crippen molar-refractivity contribution in [1.82, 2.24) is 0 Å². The summed E-state index contributed by atoms with van der Waals surface area (Å²) in [6.45, 7) is 4.22. The number of halogens is 2. The van der Waals surface area contributed by atoms with Crippen LogP contribution in [0.4, 0.5) is 0 Å². The molecule has 0 aromatic heterocycles. The van der Waals surface area contributed by atoms with Crippen molar-refractivity contribution in [2.75, 3.05) is 0 Å². The molecule has 0 fully saturated rings. The number of ether oxygens (including phenoxy) is 1. The van der Waals surface area contributed by atoms with E-state index >= 15 is 0 Å². The topological polar surface area (TPSA) is 9.23 Å². The predicted molar refractivity (Wildman–Crippen MR) is 66.1 cm³/mol. The van der Waals surface area contributed by atoms with Crippen molar-refractivity contribution >= 4 is 23.2 Å². The van der Waals surface area contributed by atoms with Gasteiger partial charge in [0, 0.05) is 5.02 Å². The normalized spacial score (nSPS) is 12.5. The zero-order chi connectivity index (χ0) is 11.3. The highest BCUT2D eigenvalue weighted by molar-refractivity contribution is 6.35. The molecule has 0 saturated heterocycles. The lowest BCUT2D eigenvalue weighted by atomic mass is 10.2. The Bertz CT molecular complexity index is 312. The van der Waals surface area contributed by atoms with Crippen molar-refractivity contribution in [1.29, 1.82) is 0 Å². The summed E-state index contributed by atoms with van der Waals surface area (Å²) in [7, 11) is 0. The van der Waals surface area contributed by atoms with Crippen LogP contribution < -0.4 is 4.74 Å². The first kappa shape index (κ1) is 12.7. The minimum atomic E-state index is 0.198. The van der Waals surface area contributed by atoms with Gasteiger partial charge >= 0.3 is 0 Å². The molecule has 1 atom stereocenters. The molecule has 0 spiro atoms. The number of hydrogen-bond donors (Lipinski definition) is 0. The van der Waals surface area contributed by atoms with E-state index in [0.29, 0.717) is 15.8 Å². The Morgan fingerprint density at radius 1 is 1.33 bits per heavy atom. The Kier molecular flexibility index (Phi) is 5.27. The second kappa shape index (κ2) is 6.24. The fourth-order valence-corrected chi connectivity index (χ4v) is 1.79. The Morgan fingerprint density at radius 2 is 2.07 bits per heavy atom. The molecule has 0 N–H and O–H groups in total. The molecule has 1 nitrogen and oxygen atoms in total. The van der Waals surface area contributed by atoms with E-state index in [1.165, 1.54) is 12.8 Å². The molecule has 1 aromatic rings. The van der Waals surface area contributed by atoms with Crippen LogP contribution in [-0.2, 0) is 0 Å². The van der Waals surface area contributed by atoms with Gasteiger partial charge in [-0.1, -0.05) is 43.0 Å². The van der Waals surface area contributed by atoms with Gasteiger partial charge in [0.15, 0.2) is 0 Å². The van der Waals surface area contributed by atoms with E-state index in [9.17, 15) is 0 Å². The van der Waals surface area contributed by atoms with Gasteiger partial charge in [-0.25, -0.2) is 0 Å². The van der Waals surface area contributed by atoms with E-state index in [1.807, 2.05) is 6.07 Å². The lowest BCUT2D eigenvalue weighted by molar-refractivity contribution is 0.207. The summed E-state index contributed by atoms with van der Waals surface area (Å²) in [5.74, 6) is 0.713. The third-order valence-corrected chi connectivity index (χ3v) is 2.72. The fraction of sp³-hybridized carbons (Fsp3) is 0.500. The highest BCUT2D eigenvalue weighted by Gasteiger charge is 2.07. The van der Waals surface area contributed by atoms with Gasteiger partial charge in [0.25, 0.3) is 0 Å². The van der Waals surface area contributed by atoms with E-state index in [0.717, 1.165) is 6.42 Å². The maximum Gasteiger partial charge on any atom is 0.138 e. The monoisotopic (exact) mass is 246 g/mol. The van der Waals surface area contributed by atoms with Crippen LogP contribution in [0.25, 0.3) is 0 Å². The highest BCUT2D eigenvalue weighted by atomic mass is 35.5. The molecular formula is C12H16Cl2O. The average Bonchev–Trinajstić information content (AvgIpc) is 2.19. The lowest BCUT2D eigenvalue weighted by Crippen LogP contribution is -2.11. The molecule has 0 saturated carbocycles. The molecule has 0 aliphatic rings. The molecule has 1 aromatic carbocycles. The minimum absolute atomic E-state index is 0.198. The molecule has 0 heterocycles. The third kappa shape index (κ3) is 4.31. The zero-order valence-corrected chi connectivity index (χ0v) is 10.6. The lowest BCUT2D eigenvalue weighted by Gasteiger charge is -2.15. The van der Waals surface area contributed by atoms with Gasteiger partial charge in [-0.2, -0.15) is 0 Å². The van der Waals surface area contributed by atoms with Gasteiger partial charge in [-0.05, 0) is 31.5 Å². The molecule has 1 unspecified atom stereocenters. The fourth-order valence-electron chi connectivity index (χ4n) is 1.34. The van der Waals surface area contributed by atoms with Crippen molar-refractivity contribution in [3.8, 4) is 5.75 Å². The van der Waals surface area contributed by atoms with Crippen molar-refractivity contribution < 1.29 is 4.74 Å². The first-order chi connectivity index (χ1) is 7.13. The van der Waals surface area contributed by atoms with Crippen LogP contribution in [0.15, 0.2) is 18.2 Å². The Labute approximate surface area is 101 Å². The van der Waals surface area contributed by atoms with Crippen LogP contribution in [0.2, 0.25) is 10.0 Å². The summed E-state index contributed by atoms with van der Waals surface area (Å²) >= 11 is 11.8. The van der Waals surface area contributed by atoms with E-state index in [4.69, 9.17) is 27.9 Å². The molecule has 0 aliphatic heterocycles. The van der Waals surface area contributed by atoms with Gasteiger partial charge in [-0.3, -0.25) is 0 Å². The summed E-state index contributed by atoms with van der Waals surface area (Å²) in [4.78, 5) is 0. The van der Waals surface area contributed by atoms with Crippen molar-refractivity contribution in [2.45, 2.75) is 39.2 Å². The molecule has 3 heteroatoms. The molecule has 0 bridgehead atoms. The van der Waals surface area contributed by atoms with Crippen LogP contribution in [0.1, 0.15) is 33.1 Å². The molecule has 0 aliphatic carbocycles. The number of benzene rings is 1. The van der Waals surface area contributed by atoms with Crippen LogP contribution in [0.5, 0.6) is 5.75 Å². The largest absolute Gasteiger partial charge is 0.489 e. The molecule has 0 radical (unpaired) electrons. The van der Waals surface area contributed by atoms with Crippen LogP contribution in [0, 0.1) is 0 Å². The second-order valence-electron chi connectivity index (χ2n) is 3.65. The summed E-state index contributed by atoms with van der Waals surface area (Å²) < 4.78 is 5.71. The molecule has 0 amide bonds. The number of unbranched alkanes of at least 4 members (excludes halogenated alkanes) is 1. The van der Waals surface area contributed by atoms with Crippen molar-refractivity contribution in [3.63, 3.8) is 0 Å². The van der Waals surface area contributed by atoms with Gasteiger partial charge in [0.2, 0.25) is 0 Å². The van der Waals surface area contributed by atoms with Crippen molar-refractivity contribution in [2.24, 2.45) is 0 Å². The van der Waals surface area contributed by atoms with Gasteiger partial charge in [0.05, 0.1) is 11.1 Å². The smallest absolute Gasteiger partial charge is 0.138 e. The summed E-state index contributed by atoms with van der Waals surface area (Å²) in [6, 6.07) is 5.30. The van der Waals surface area contributed by atoms with E-state index in [1.54, 1.807) is 12.1 Å². The summed E-state index contributed by atoms with van der Waals surface area (Å²) in [6.07, 6.45) is 3.60. The third-order valence-electron chi connectivity index (χ3n) is 2.19. The first-order valence-corrected chi connectivity index (χ1v) is 6.00. The summed E-state index contributed by atoms with van der Waals surface area (Å²) in [5.41, 5.74) is 0. The number of rotatable bonds is 5. The van der Waals surface area contributed by atoms with Crippen LogP contribution in [0.3, 0.4) is 0 Å². The molecule has 15 heavy (non-hydrogen) atoms. The Hall–Kier alpha value is -0.400. The predicted octanol–water partition coefficient (Wildman–Crippen LogP) is 4.95. The van der Waals surface area contributed by atoms with Gasteiger partial charge in [0.1, 0.15) is 5.75 Å². The van der Waals surface area contributed by atoms with E-state index < -0.39 is 0 Å². The number of hydrogen-bond acceptors (Lipinski definition) is 1. The molecule has 1 rings (SSSR count). The van der Waals surface area contributed by atoms with Gasteiger partial charge < -0.3 is 4.74 Å². The molecule has 84 valence electrons. The maximum absolute atomic E-state index is 6.00. The van der Waals surface area contributed by atoms with E-state index in [-0.39, 0.29) is 6.10 Å². The van der Waals surface area contributed by atoms with Crippen LogP contribution >= 0.6 is 23.2 Å². The van der Waals surface area contributed by atoms with Crippen molar-refractivity contribution in [3.05, 3.63) is 28.2 Å². The Morgan fingerprint density at radius 3 is 2.67 bits per heavy atom. The van der Waals surface area contributed by atoms with Gasteiger partial charge in [-0.15, -0.1) is 0 Å². The Balaban J connectivity index is 2.56. The average molecular weight is 247 g/mol. The molecular weight excluding hydrogens is 231 g/mol. The first-order valence-electron chi connectivity index (χ1n) is 5.25. The highest BCUT2D eigenvalue weighted by Crippen LogP contribution is 2.28. The quantitative estimate of drug-likeness (QED) is 0.715. The standard InChI is InChI=1S/C12H16Cl2O/c1-3-4-5-9(2)15-12-7-6-10(13)8-11(12)14/h6-9H,3-5H2,1-2H3. The second-order valence-corrected chi connectivity index (χ2v) is 4.49.